The smallest absolute Gasteiger partial charge is 0.125 e. The average Bonchev–Trinajstić information content (AvgIpc) is 2.62. The zero-order chi connectivity index (χ0) is 19.4. The van der Waals surface area contributed by atoms with Gasteiger partial charge < -0.3 is 10.1 Å². The fraction of sp³-hybridized carbons (Fsp3) is 0.500. The van der Waals surface area contributed by atoms with Crippen LogP contribution < -0.4 is 10.1 Å². The van der Waals surface area contributed by atoms with Crippen LogP contribution in [0.4, 0.5) is 0 Å². The summed E-state index contributed by atoms with van der Waals surface area (Å²) in [4.78, 5) is 2.63. The number of nitrogens with zero attached hydrogens (tertiary/aromatic N) is 1. The van der Waals surface area contributed by atoms with E-state index in [1.54, 1.807) is 0 Å². The van der Waals surface area contributed by atoms with Crippen LogP contribution in [0.15, 0.2) is 42.5 Å². The number of hydrogen-bond donors (Lipinski definition) is 1. The zero-order valence-electron chi connectivity index (χ0n) is 17.5. The molecule has 0 unspecified atom stereocenters. The van der Waals surface area contributed by atoms with Gasteiger partial charge in [0.15, 0.2) is 0 Å². The Morgan fingerprint density at radius 3 is 2.15 bits per heavy atom. The Labute approximate surface area is 164 Å². The van der Waals surface area contributed by atoms with Crippen LogP contribution in [0, 0.1) is 19.3 Å². The van der Waals surface area contributed by atoms with Crippen molar-refractivity contribution in [2.75, 3.05) is 26.2 Å². The van der Waals surface area contributed by atoms with Crippen molar-refractivity contribution in [3.63, 3.8) is 0 Å². The van der Waals surface area contributed by atoms with Gasteiger partial charge in [0.1, 0.15) is 12.4 Å². The first kappa shape index (κ1) is 19.9. The maximum Gasteiger partial charge on any atom is 0.125 e. The molecule has 1 aliphatic heterocycles. The lowest BCUT2D eigenvalue weighted by atomic mass is 9.80. The number of hydrogen-bond acceptors (Lipinski definition) is 3. The molecule has 1 saturated heterocycles. The van der Waals surface area contributed by atoms with Crippen molar-refractivity contribution in [3.05, 3.63) is 64.7 Å². The predicted molar refractivity (Wildman–Crippen MR) is 113 cm³/mol. The molecule has 2 aromatic rings. The number of piperazine rings is 1. The molecule has 3 nitrogen and oxygen atoms in total. The highest BCUT2D eigenvalue weighted by molar-refractivity contribution is 5.45. The van der Waals surface area contributed by atoms with E-state index in [0.29, 0.717) is 12.6 Å². The topological polar surface area (TPSA) is 24.5 Å². The van der Waals surface area contributed by atoms with E-state index in [9.17, 15) is 0 Å². The van der Waals surface area contributed by atoms with Crippen molar-refractivity contribution in [3.8, 4) is 5.75 Å². The standard InChI is InChI=1S/C24H34N2O/c1-18-15-21(23(24(3,4)5)26-13-11-25-12-14-26)16-19(2)22(18)27-17-20-9-7-6-8-10-20/h6-10,15-16,23,25H,11-14,17H2,1-5H3/t23-/m0/s1. The molecule has 0 saturated carbocycles. The van der Waals surface area contributed by atoms with Crippen molar-refractivity contribution >= 4 is 0 Å². The average molecular weight is 367 g/mol. The van der Waals surface area contributed by atoms with Crippen LogP contribution in [0.5, 0.6) is 5.75 Å². The lowest BCUT2D eigenvalue weighted by molar-refractivity contribution is 0.0861. The Morgan fingerprint density at radius 1 is 1.00 bits per heavy atom. The van der Waals surface area contributed by atoms with Crippen LogP contribution in [0.3, 0.4) is 0 Å². The van der Waals surface area contributed by atoms with Crippen LogP contribution in [0.1, 0.15) is 49.1 Å². The summed E-state index contributed by atoms with van der Waals surface area (Å²) in [5.74, 6) is 1.02. The molecule has 1 aliphatic rings. The Bertz CT molecular complexity index is 720. The maximum absolute atomic E-state index is 6.20. The van der Waals surface area contributed by atoms with E-state index in [-0.39, 0.29) is 5.41 Å². The maximum atomic E-state index is 6.20. The highest BCUT2D eigenvalue weighted by atomic mass is 16.5. The van der Waals surface area contributed by atoms with E-state index >= 15 is 0 Å². The first-order chi connectivity index (χ1) is 12.9. The van der Waals surface area contributed by atoms with E-state index in [4.69, 9.17) is 4.74 Å². The Hall–Kier alpha value is -1.84. The van der Waals surface area contributed by atoms with Crippen LogP contribution >= 0.6 is 0 Å². The summed E-state index contributed by atoms with van der Waals surface area (Å²) >= 11 is 0. The molecule has 0 aromatic heterocycles. The minimum absolute atomic E-state index is 0.183. The van der Waals surface area contributed by atoms with E-state index in [2.05, 4.69) is 81.2 Å². The number of aryl methyl sites for hydroxylation is 2. The molecule has 0 amide bonds. The highest BCUT2D eigenvalue weighted by Gasteiger charge is 2.33. The summed E-state index contributed by atoms with van der Waals surface area (Å²) in [7, 11) is 0. The van der Waals surface area contributed by atoms with Gasteiger partial charge in [0.05, 0.1) is 0 Å². The van der Waals surface area contributed by atoms with E-state index < -0.39 is 0 Å². The normalized spacial score (nSPS) is 16.9. The van der Waals surface area contributed by atoms with Crippen LogP contribution in [-0.4, -0.2) is 31.1 Å². The molecule has 146 valence electrons. The van der Waals surface area contributed by atoms with E-state index in [1.807, 2.05) is 6.07 Å². The summed E-state index contributed by atoms with van der Waals surface area (Å²) in [6.45, 7) is 16.4. The van der Waals surface area contributed by atoms with Gasteiger partial charge in [-0.3, -0.25) is 4.90 Å². The molecular weight excluding hydrogens is 332 g/mol. The van der Waals surface area contributed by atoms with Crippen molar-refractivity contribution in [2.45, 2.75) is 47.3 Å². The third-order valence-corrected chi connectivity index (χ3v) is 5.36. The largest absolute Gasteiger partial charge is 0.488 e. The SMILES string of the molecule is Cc1cc([C@H](N2CCNCC2)C(C)(C)C)cc(C)c1OCc1ccccc1. The number of nitrogens with one attached hydrogen (secondary N) is 1. The molecule has 1 N–H and O–H groups in total. The minimum atomic E-state index is 0.183. The van der Waals surface area contributed by atoms with Gasteiger partial charge in [0.25, 0.3) is 0 Å². The van der Waals surface area contributed by atoms with Crippen molar-refractivity contribution in [2.24, 2.45) is 5.41 Å². The fourth-order valence-corrected chi connectivity index (χ4v) is 4.30. The van der Waals surface area contributed by atoms with Gasteiger partial charge in [0, 0.05) is 32.2 Å². The van der Waals surface area contributed by atoms with Crippen LogP contribution in [0.2, 0.25) is 0 Å². The Kier molecular flexibility index (Phi) is 6.23. The predicted octanol–water partition coefficient (Wildman–Crippen LogP) is 4.87. The first-order valence-electron chi connectivity index (χ1n) is 10.1. The molecule has 3 rings (SSSR count). The fourth-order valence-electron chi connectivity index (χ4n) is 4.30. The molecular formula is C24H34N2O. The number of rotatable bonds is 5. The van der Waals surface area contributed by atoms with Crippen molar-refractivity contribution in [1.82, 2.24) is 10.2 Å². The van der Waals surface area contributed by atoms with Crippen LogP contribution in [0.25, 0.3) is 0 Å². The molecule has 3 heteroatoms. The monoisotopic (exact) mass is 366 g/mol. The summed E-state index contributed by atoms with van der Waals surface area (Å²) < 4.78 is 6.20. The molecule has 27 heavy (non-hydrogen) atoms. The summed E-state index contributed by atoms with van der Waals surface area (Å²) in [6, 6.07) is 15.5. The molecule has 1 heterocycles. The second-order valence-corrected chi connectivity index (χ2v) is 8.81. The lowest BCUT2D eigenvalue weighted by Crippen LogP contribution is -2.48. The molecule has 0 bridgehead atoms. The van der Waals surface area contributed by atoms with E-state index in [0.717, 1.165) is 31.9 Å². The van der Waals surface area contributed by atoms with Gasteiger partial charge in [-0.2, -0.15) is 0 Å². The van der Waals surface area contributed by atoms with Gasteiger partial charge in [-0.05, 0) is 41.5 Å². The van der Waals surface area contributed by atoms with Crippen molar-refractivity contribution < 1.29 is 4.74 Å². The van der Waals surface area contributed by atoms with Crippen LogP contribution in [-0.2, 0) is 6.61 Å². The summed E-state index contributed by atoms with van der Waals surface area (Å²) in [5.41, 5.74) is 5.25. The van der Waals surface area contributed by atoms with Crippen molar-refractivity contribution in [1.29, 1.82) is 0 Å². The second kappa shape index (κ2) is 8.45. The third-order valence-electron chi connectivity index (χ3n) is 5.36. The lowest BCUT2D eigenvalue weighted by Gasteiger charge is -2.43. The Balaban J connectivity index is 1.85. The van der Waals surface area contributed by atoms with Gasteiger partial charge in [-0.25, -0.2) is 0 Å². The molecule has 1 atom stereocenters. The summed E-state index contributed by atoms with van der Waals surface area (Å²) in [5, 5.41) is 3.47. The minimum Gasteiger partial charge on any atom is -0.488 e. The molecule has 0 aliphatic carbocycles. The van der Waals surface area contributed by atoms with Gasteiger partial charge in [0.2, 0.25) is 0 Å². The molecule has 0 spiro atoms. The number of ether oxygens (including phenoxy) is 1. The van der Waals surface area contributed by atoms with Gasteiger partial charge >= 0.3 is 0 Å². The van der Waals surface area contributed by atoms with Gasteiger partial charge in [-0.15, -0.1) is 0 Å². The third kappa shape index (κ3) is 4.91. The van der Waals surface area contributed by atoms with E-state index in [1.165, 1.54) is 22.3 Å². The number of benzene rings is 2. The highest BCUT2D eigenvalue weighted by Crippen LogP contribution is 2.40. The van der Waals surface area contributed by atoms with Gasteiger partial charge in [-0.1, -0.05) is 63.2 Å². The first-order valence-corrected chi connectivity index (χ1v) is 10.1. The molecule has 2 aromatic carbocycles. The molecule has 1 fully saturated rings. The quantitative estimate of drug-likeness (QED) is 0.817. The Morgan fingerprint density at radius 2 is 1.59 bits per heavy atom. The second-order valence-electron chi connectivity index (χ2n) is 8.81. The zero-order valence-corrected chi connectivity index (χ0v) is 17.5. The summed E-state index contributed by atoms with van der Waals surface area (Å²) in [6.07, 6.45) is 0. The molecule has 0 radical (unpaired) electrons.